The number of hydrogen-bond donors (Lipinski definition) is 2. The van der Waals surface area contributed by atoms with Gasteiger partial charge < -0.3 is 15.2 Å². The van der Waals surface area contributed by atoms with Gasteiger partial charge in [-0.25, -0.2) is 4.98 Å². The second-order valence-electron chi connectivity index (χ2n) is 5.98. The number of rotatable bonds is 8. The normalized spacial score (nSPS) is 17.3. The Kier molecular flexibility index (Phi) is 4.72. The molecular formula is C16H22N6O. The van der Waals surface area contributed by atoms with Crippen LogP contribution < -0.4 is 10.6 Å². The molecule has 2 aliphatic heterocycles. The lowest BCUT2D eigenvalue weighted by molar-refractivity contribution is -0.121. The molecule has 0 aliphatic carbocycles. The summed E-state index contributed by atoms with van der Waals surface area (Å²) in [5.74, 6) is 3.72. The highest BCUT2D eigenvalue weighted by Crippen LogP contribution is 2.35. The Morgan fingerprint density at radius 3 is 3.13 bits per heavy atom. The Balaban J connectivity index is 1.37. The van der Waals surface area contributed by atoms with Crippen LogP contribution in [0.25, 0.3) is 0 Å². The van der Waals surface area contributed by atoms with Gasteiger partial charge in [0.15, 0.2) is 5.66 Å². The van der Waals surface area contributed by atoms with Crippen molar-refractivity contribution in [2.24, 2.45) is 10.2 Å². The van der Waals surface area contributed by atoms with Crippen molar-refractivity contribution in [1.82, 2.24) is 20.2 Å². The predicted molar refractivity (Wildman–Crippen MR) is 85.5 cm³/mol. The Hall–Kier alpha value is -2.20. The summed E-state index contributed by atoms with van der Waals surface area (Å²) in [7, 11) is 0. The summed E-state index contributed by atoms with van der Waals surface area (Å²) < 4.78 is 2.21. The van der Waals surface area contributed by atoms with E-state index in [4.69, 9.17) is 6.42 Å². The topological polar surface area (TPSA) is 83.7 Å². The van der Waals surface area contributed by atoms with Crippen molar-refractivity contribution < 1.29 is 4.79 Å². The number of terminal acetylenes is 1. The molecule has 0 radical (unpaired) electrons. The number of nitrogens with zero attached hydrogens (tertiary/aromatic N) is 4. The first-order chi connectivity index (χ1) is 11.2. The molecule has 1 amide bonds. The molecule has 0 saturated heterocycles. The molecule has 7 nitrogen and oxygen atoms in total. The zero-order valence-electron chi connectivity index (χ0n) is 13.2. The number of fused-ring (bicyclic) bond motifs is 1. The molecule has 0 saturated carbocycles. The fourth-order valence-corrected chi connectivity index (χ4v) is 2.86. The first-order valence-corrected chi connectivity index (χ1v) is 8.11. The molecule has 0 unspecified atom stereocenters. The zero-order chi connectivity index (χ0) is 16.1. The van der Waals surface area contributed by atoms with Gasteiger partial charge in [-0.1, -0.05) is 0 Å². The minimum atomic E-state index is -0.322. The number of carbonyl (C=O) groups excluding carboxylic acids is 1. The fourth-order valence-electron chi connectivity index (χ4n) is 2.86. The molecular weight excluding hydrogens is 292 g/mol. The number of aryl methyl sites for hydroxylation is 1. The van der Waals surface area contributed by atoms with Crippen molar-refractivity contribution in [2.75, 3.05) is 13.1 Å². The van der Waals surface area contributed by atoms with Crippen LogP contribution in [0.1, 0.15) is 37.2 Å². The maximum atomic E-state index is 12.0. The lowest BCUT2D eigenvalue weighted by Gasteiger charge is -2.17. The largest absolute Gasteiger partial charge is 0.356 e. The lowest BCUT2D eigenvalue weighted by Crippen LogP contribution is -2.30. The molecule has 0 spiro atoms. The van der Waals surface area contributed by atoms with Crippen LogP contribution in [0.5, 0.6) is 0 Å². The zero-order valence-corrected chi connectivity index (χ0v) is 13.2. The van der Waals surface area contributed by atoms with Crippen molar-refractivity contribution in [1.29, 1.82) is 0 Å². The number of amides is 1. The molecule has 23 heavy (non-hydrogen) atoms. The van der Waals surface area contributed by atoms with E-state index in [0.29, 0.717) is 19.4 Å². The Morgan fingerprint density at radius 2 is 2.35 bits per heavy atom. The number of hydrogen-bond acceptors (Lipinski definition) is 5. The smallest absolute Gasteiger partial charge is 0.220 e. The molecule has 1 aromatic rings. The average Bonchev–Trinajstić information content (AvgIpc) is 3.22. The van der Waals surface area contributed by atoms with Gasteiger partial charge in [0, 0.05) is 57.2 Å². The van der Waals surface area contributed by atoms with Crippen LogP contribution in [0.2, 0.25) is 0 Å². The van der Waals surface area contributed by atoms with E-state index in [2.05, 4.69) is 36.3 Å². The molecule has 0 fully saturated rings. The van der Waals surface area contributed by atoms with E-state index in [1.807, 2.05) is 6.20 Å². The third-order valence-corrected chi connectivity index (χ3v) is 4.32. The summed E-state index contributed by atoms with van der Waals surface area (Å²) in [5, 5.41) is 14.4. The minimum Gasteiger partial charge on any atom is -0.356 e. The Bertz CT molecular complexity index is 635. The summed E-state index contributed by atoms with van der Waals surface area (Å²) >= 11 is 0. The van der Waals surface area contributed by atoms with E-state index in [9.17, 15) is 4.79 Å². The first kappa shape index (κ1) is 15.7. The van der Waals surface area contributed by atoms with Crippen molar-refractivity contribution in [3.05, 3.63) is 17.7 Å². The Labute approximate surface area is 136 Å². The molecule has 3 heterocycles. The monoisotopic (exact) mass is 314 g/mol. The molecule has 1 aromatic heterocycles. The van der Waals surface area contributed by atoms with Crippen LogP contribution in [0, 0.1) is 12.3 Å². The second-order valence-corrected chi connectivity index (χ2v) is 5.98. The van der Waals surface area contributed by atoms with Gasteiger partial charge in [-0.15, -0.1) is 12.3 Å². The standard InChI is InChI=1S/C16H22N6O/c1-2-3-6-16(20-21-16)7-8-18-15(23)5-4-13-11-19-14-12-17-9-10-22(13)14/h1,11,17H,3-10,12H2,(H,18,23). The van der Waals surface area contributed by atoms with Crippen molar-refractivity contribution >= 4 is 5.91 Å². The second kappa shape index (κ2) is 6.92. The van der Waals surface area contributed by atoms with Gasteiger partial charge in [0.25, 0.3) is 0 Å². The summed E-state index contributed by atoms with van der Waals surface area (Å²) in [4.78, 5) is 16.4. The number of carbonyl (C=O) groups is 1. The van der Waals surface area contributed by atoms with E-state index in [0.717, 1.165) is 50.4 Å². The third kappa shape index (κ3) is 3.96. The van der Waals surface area contributed by atoms with Gasteiger partial charge in [-0.2, -0.15) is 10.2 Å². The minimum absolute atomic E-state index is 0.0576. The molecule has 3 rings (SSSR count). The van der Waals surface area contributed by atoms with Crippen LogP contribution >= 0.6 is 0 Å². The predicted octanol–water partition coefficient (Wildman–Crippen LogP) is 1.00. The van der Waals surface area contributed by atoms with E-state index in [1.165, 1.54) is 0 Å². The third-order valence-electron chi connectivity index (χ3n) is 4.32. The van der Waals surface area contributed by atoms with Crippen LogP contribution in [-0.2, 0) is 24.3 Å². The van der Waals surface area contributed by atoms with Crippen LogP contribution in [0.4, 0.5) is 0 Å². The van der Waals surface area contributed by atoms with Gasteiger partial charge in [0.1, 0.15) is 5.82 Å². The summed E-state index contributed by atoms with van der Waals surface area (Å²) in [6.07, 6.45) is 10.5. The lowest BCUT2D eigenvalue weighted by atomic mass is 10.0. The summed E-state index contributed by atoms with van der Waals surface area (Å²) in [5.41, 5.74) is 0.811. The first-order valence-electron chi connectivity index (χ1n) is 8.11. The molecule has 2 N–H and O–H groups in total. The van der Waals surface area contributed by atoms with Crippen molar-refractivity contribution in [3.8, 4) is 12.3 Å². The van der Waals surface area contributed by atoms with E-state index in [-0.39, 0.29) is 11.6 Å². The highest BCUT2D eigenvalue weighted by Gasteiger charge is 2.38. The number of aromatic nitrogens is 2. The quantitative estimate of drug-likeness (QED) is 0.702. The maximum absolute atomic E-state index is 12.0. The average molecular weight is 314 g/mol. The molecule has 2 aliphatic rings. The van der Waals surface area contributed by atoms with Gasteiger partial charge in [0.2, 0.25) is 5.91 Å². The van der Waals surface area contributed by atoms with E-state index >= 15 is 0 Å². The summed E-state index contributed by atoms with van der Waals surface area (Å²) in [6.45, 7) is 3.27. The van der Waals surface area contributed by atoms with E-state index < -0.39 is 0 Å². The Morgan fingerprint density at radius 1 is 1.48 bits per heavy atom. The van der Waals surface area contributed by atoms with Crippen LogP contribution in [-0.4, -0.2) is 34.2 Å². The van der Waals surface area contributed by atoms with Crippen LogP contribution in [0.3, 0.4) is 0 Å². The highest BCUT2D eigenvalue weighted by atomic mass is 16.1. The van der Waals surface area contributed by atoms with Gasteiger partial charge >= 0.3 is 0 Å². The van der Waals surface area contributed by atoms with Gasteiger partial charge in [0.05, 0.1) is 6.54 Å². The van der Waals surface area contributed by atoms with Crippen molar-refractivity contribution in [3.63, 3.8) is 0 Å². The highest BCUT2D eigenvalue weighted by molar-refractivity contribution is 5.76. The molecule has 7 heteroatoms. The van der Waals surface area contributed by atoms with E-state index in [1.54, 1.807) is 0 Å². The van der Waals surface area contributed by atoms with Crippen molar-refractivity contribution in [2.45, 2.75) is 50.9 Å². The molecule has 0 atom stereocenters. The fraction of sp³-hybridized carbons (Fsp3) is 0.625. The molecule has 122 valence electrons. The van der Waals surface area contributed by atoms with Crippen LogP contribution in [0.15, 0.2) is 16.4 Å². The number of imidazole rings is 1. The summed E-state index contributed by atoms with van der Waals surface area (Å²) in [6, 6.07) is 0. The molecule has 0 aromatic carbocycles. The number of nitrogens with one attached hydrogen (secondary N) is 2. The van der Waals surface area contributed by atoms with Gasteiger partial charge in [-0.3, -0.25) is 4.79 Å². The maximum Gasteiger partial charge on any atom is 0.220 e. The molecule has 0 bridgehead atoms. The SMILES string of the molecule is C#CCCC1(CCNC(=O)CCc2cnc3n2CCNC3)N=N1. The van der Waals surface area contributed by atoms with Gasteiger partial charge in [-0.05, 0) is 6.42 Å².